The van der Waals surface area contributed by atoms with Gasteiger partial charge in [-0.05, 0) is 61.2 Å². The van der Waals surface area contributed by atoms with Gasteiger partial charge in [0.05, 0.1) is 6.04 Å². The van der Waals surface area contributed by atoms with Crippen LogP contribution in [0.5, 0.6) is 0 Å². The third-order valence-corrected chi connectivity index (χ3v) is 6.92. The quantitative estimate of drug-likeness (QED) is 0.724. The third kappa shape index (κ3) is 2.03. The largest absolute Gasteiger partial charge is 0.322 e. The molecule has 4 aliphatic carbocycles. The van der Waals surface area contributed by atoms with Crippen LogP contribution in [0.1, 0.15) is 52.9 Å². The van der Waals surface area contributed by atoms with Gasteiger partial charge < -0.3 is 9.80 Å². The minimum absolute atomic E-state index is 0.172. The van der Waals surface area contributed by atoms with Gasteiger partial charge in [0.15, 0.2) is 0 Å². The molecule has 5 aliphatic rings. The molecule has 1 unspecified atom stereocenters. The fraction of sp³-hybridized carbons (Fsp3) is 0.944. The van der Waals surface area contributed by atoms with Crippen LogP contribution in [0.3, 0.4) is 0 Å². The zero-order chi connectivity index (χ0) is 14.9. The maximum Gasteiger partial charge on any atom is 0.320 e. The summed E-state index contributed by atoms with van der Waals surface area (Å²) in [6.45, 7) is 7.75. The molecule has 5 rings (SSSR count). The molecule has 1 saturated heterocycles. The second-order valence-electron chi connectivity index (χ2n) is 9.35. The number of amides is 2. The van der Waals surface area contributed by atoms with E-state index in [1.165, 1.54) is 32.1 Å². The van der Waals surface area contributed by atoms with Crippen LogP contribution < -0.4 is 0 Å². The molecule has 1 aliphatic heterocycles. The zero-order valence-corrected chi connectivity index (χ0v) is 14.0. The Balaban J connectivity index is 1.58. The zero-order valence-electron chi connectivity index (χ0n) is 14.0. The Labute approximate surface area is 129 Å². The molecule has 0 N–H and O–H groups in total. The lowest BCUT2D eigenvalue weighted by Crippen LogP contribution is -2.56. The maximum absolute atomic E-state index is 12.8. The second-order valence-corrected chi connectivity index (χ2v) is 9.35. The smallest absolute Gasteiger partial charge is 0.320 e. The van der Waals surface area contributed by atoms with Crippen LogP contribution in [-0.2, 0) is 0 Å². The predicted molar refractivity (Wildman–Crippen MR) is 83.9 cm³/mol. The summed E-state index contributed by atoms with van der Waals surface area (Å²) in [5, 5.41) is 0. The summed E-state index contributed by atoms with van der Waals surface area (Å²) in [5.41, 5.74) is 0.172. The molecule has 1 heterocycles. The first-order valence-electron chi connectivity index (χ1n) is 8.88. The summed E-state index contributed by atoms with van der Waals surface area (Å²) in [6.07, 6.45) is 7.06. The molecule has 0 aromatic rings. The molecule has 0 spiro atoms. The average molecular weight is 290 g/mol. The first-order chi connectivity index (χ1) is 9.84. The number of likely N-dealkylation sites (N-methyl/N-ethyl adjacent to an activating group) is 1. The van der Waals surface area contributed by atoms with E-state index in [0.29, 0.717) is 18.1 Å². The summed E-state index contributed by atoms with van der Waals surface area (Å²) in [6, 6.07) is 1.22. The molecule has 0 aromatic carbocycles. The van der Waals surface area contributed by atoms with Crippen LogP contribution in [0.2, 0.25) is 0 Å². The van der Waals surface area contributed by atoms with Crippen LogP contribution in [0.15, 0.2) is 0 Å². The SMILES string of the molecule is CN1C(=O)N(C2C3CC4CC(C3)CC2C4)CC1C(C)(C)C. The van der Waals surface area contributed by atoms with Crippen molar-refractivity contribution in [1.29, 1.82) is 0 Å². The topological polar surface area (TPSA) is 23.6 Å². The average Bonchev–Trinajstić information content (AvgIpc) is 2.66. The number of urea groups is 1. The summed E-state index contributed by atoms with van der Waals surface area (Å²) in [4.78, 5) is 17.1. The van der Waals surface area contributed by atoms with Gasteiger partial charge in [0.1, 0.15) is 0 Å². The molecule has 4 bridgehead atoms. The molecule has 4 saturated carbocycles. The Bertz CT molecular complexity index is 425. The van der Waals surface area contributed by atoms with Gasteiger partial charge in [-0.15, -0.1) is 0 Å². The highest BCUT2D eigenvalue weighted by Gasteiger charge is 2.54. The van der Waals surface area contributed by atoms with E-state index in [1.807, 2.05) is 11.9 Å². The van der Waals surface area contributed by atoms with Gasteiger partial charge in [-0.1, -0.05) is 20.8 Å². The standard InChI is InChI=1S/C18H30N2O/c1-18(2,3)15-10-20(17(21)19(15)4)16-13-6-11-5-12(8-13)9-14(16)7-11/h11-16H,5-10H2,1-4H3. The molecular weight excluding hydrogens is 260 g/mol. The van der Waals surface area contributed by atoms with Crippen molar-refractivity contribution >= 4 is 6.03 Å². The van der Waals surface area contributed by atoms with Crippen molar-refractivity contribution in [3.8, 4) is 0 Å². The lowest BCUT2D eigenvalue weighted by Gasteiger charge is -2.56. The second kappa shape index (κ2) is 4.39. The lowest BCUT2D eigenvalue weighted by atomic mass is 9.54. The van der Waals surface area contributed by atoms with Crippen LogP contribution >= 0.6 is 0 Å². The van der Waals surface area contributed by atoms with Gasteiger partial charge in [-0.3, -0.25) is 0 Å². The Morgan fingerprint density at radius 2 is 1.48 bits per heavy atom. The van der Waals surface area contributed by atoms with Gasteiger partial charge in [0.2, 0.25) is 0 Å². The number of hydrogen-bond acceptors (Lipinski definition) is 1. The van der Waals surface area contributed by atoms with Crippen molar-refractivity contribution in [3.63, 3.8) is 0 Å². The highest BCUT2D eigenvalue weighted by molar-refractivity contribution is 5.77. The molecule has 0 radical (unpaired) electrons. The van der Waals surface area contributed by atoms with E-state index in [2.05, 4.69) is 25.7 Å². The number of nitrogens with zero attached hydrogens (tertiary/aromatic N) is 2. The molecule has 118 valence electrons. The highest BCUT2D eigenvalue weighted by Crippen LogP contribution is 2.55. The maximum atomic E-state index is 12.8. The van der Waals surface area contributed by atoms with Gasteiger partial charge in [0.25, 0.3) is 0 Å². The summed E-state index contributed by atoms with van der Waals surface area (Å²) >= 11 is 0. The Morgan fingerprint density at radius 1 is 0.952 bits per heavy atom. The van der Waals surface area contributed by atoms with Crippen molar-refractivity contribution < 1.29 is 4.79 Å². The summed E-state index contributed by atoms with van der Waals surface area (Å²) < 4.78 is 0. The first-order valence-corrected chi connectivity index (χ1v) is 8.88. The first kappa shape index (κ1) is 13.9. The van der Waals surface area contributed by atoms with Crippen molar-refractivity contribution in [2.24, 2.45) is 29.1 Å². The van der Waals surface area contributed by atoms with Gasteiger partial charge in [-0.25, -0.2) is 4.79 Å². The van der Waals surface area contributed by atoms with Crippen molar-refractivity contribution in [1.82, 2.24) is 9.80 Å². The van der Waals surface area contributed by atoms with Crippen LogP contribution in [0.4, 0.5) is 4.79 Å². The van der Waals surface area contributed by atoms with E-state index in [-0.39, 0.29) is 5.41 Å². The fourth-order valence-corrected chi connectivity index (χ4v) is 6.23. The predicted octanol–water partition coefficient (Wildman–Crippen LogP) is 3.59. The minimum Gasteiger partial charge on any atom is -0.322 e. The van der Waals surface area contributed by atoms with Crippen LogP contribution in [0, 0.1) is 29.1 Å². The highest BCUT2D eigenvalue weighted by atomic mass is 16.2. The number of carbonyl (C=O) groups is 1. The molecule has 21 heavy (non-hydrogen) atoms. The third-order valence-electron chi connectivity index (χ3n) is 6.92. The fourth-order valence-electron chi connectivity index (χ4n) is 6.23. The van der Waals surface area contributed by atoms with Gasteiger partial charge >= 0.3 is 6.03 Å². The Morgan fingerprint density at radius 3 is 1.90 bits per heavy atom. The van der Waals surface area contributed by atoms with E-state index >= 15 is 0 Å². The number of rotatable bonds is 1. The summed E-state index contributed by atoms with van der Waals surface area (Å²) in [5.74, 6) is 3.57. The summed E-state index contributed by atoms with van der Waals surface area (Å²) in [7, 11) is 2.01. The Kier molecular flexibility index (Phi) is 2.91. The molecule has 0 aromatic heterocycles. The van der Waals surface area contributed by atoms with E-state index in [0.717, 1.165) is 30.2 Å². The normalized spacial score (nSPS) is 45.8. The monoisotopic (exact) mass is 290 g/mol. The van der Waals surface area contributed by atoms with Gasteiger partial charge in [0, 0.05) is 19.6 Å². The van der Waals surface area contributed by atoms with Crippen LogP contribution in [0.25, 0.3) is 0 Å². The van der Waals surface area contributed by atoms with E-state index in [4.69, 9.17) is 0 Å². The van der Waals surface area contributed by atoms with Crippen molar-refractivity contribution in [2.45, 2.75) is 65.0 Å². The molecule has 3 nitrogen and oxygen atoms in total. The van der Waals surface area contributed by atoms with Crippen molar-refractivity contribution in [2.75, 3.05) is 13.6 Å². The molecular formula is C18H30N2O. The van der Waals surface area contributed by atoms with Crippen LogP contribution in [-0.4, -0.2) is 41.5 Å². The molecule has 1 atom stereocenters. The molecule has 3 heteroatoms. The minimum atomic E-state index is 0.172. The van der Waals surface area contributed by atoms with E-state index < -0.39 is 0 Å². The molecule has 5 fully saturated rings. The van der Waals surface area contributed by atoms with E-state index in [1.54, 1.807) is 0 Å². The lowest BCUT2D eigenvalue weighted by molar-refractivity contribution is -0.0480. The van der Waals surface area contributed by atoms with E-state index in [9.17, 15) is 4.79 Å². The van der Waals surface area contributed by atoms with Crippen molar-refractivity contribution in [3.05, 3.63) is 0 Å². The number of hydrogen-bond donors (Lipinski definition) is 0. The number of carbonyl (C=O) groups excluding carboxylic acids is 1. The molecule has 2 amide bonds. The Hall–Kier alpha value is -0.730. The van der Waals surface area contributed by atoms with Gasteiger partial charge in [-0.2, -0.15) is 0 Å².